The van der Waals surface area contributed by atoms with Gasteiger partial charge in [-0.25, -0.2) is 32.5 Å². The molecule has 1 aromatic carbocycles. The summed E-state index contributed by atoms with van der Waals surface area (Å²) in [7, 11) is -4.04. The van der Waals surface area contributed by atoms with Crippen LogP contribution < -0.4 is 10.9 Å². The topological polar surface area (TPSA) is 243 Å². The number of nitrogen functional groups attached to an aromatic ring is 1. The molecule has 0 radical (unpaired) electrons. The van der Waals surface area contributed by atoms with E-state index in [-0.39, 0.29) is 32.7 Å². The summed E-state index contributed by atoms with van der Waals surface area (Å²) in [6, 6.07) is 4.47. The number of ether oxygens (including phenoxy) is 2. The van der Waals surface area contributed by atoms with Crippen LogP contribution in [0.15, 0.2) is 35.5 Å². The van der Waals surface area contributed by atoms with Gasteiger partial charge in [0.2, 0.25) is 15.3 Å². The zero-order valence-electron chi connectivity index (χ0n) is 19.0. The van der Waals surface area contributed by atoms with Crippen molar-refractivity contribution in [1.82, 2.24) is 19.5 Å². The highest BCUT2D eigenvalue weighted by atomic mass is 35.5. The predicted octanol–water partition coefficient (Wildman–Crippen LogP) is -0.527. The predicted molar refractivity (Wildman–Crippen MR) is 125 cm³/mol. The summed E-state index contributed by atoms with van der Waals surface area (Å²) in [5.74, 6) is -3.88. The first-order valence-electron chi connectivity index (χ1n) is 10.6. The van der Waals surface area contributed by atoms with Crippen molar-refractivity contribution in [3.8, 4) is 0 Å². The Morgan fingerprint density at radius 3 is 2.42 bits per heavy atom. The number of alkyl halides is 1. The van der Waals surface area contributed by atoms with E-state index in [0.717, 1.165) is 23.0 Å². The SMILES string of the molecule is Nc1nc(Cl)nc2c1ncn2[C@@H]1O[C@H](COC(Cc2ccc(S(N)(=O)=O)cc2)(C(=O)O)C(=O)O)[C@@H](O)[C@@H]1F. The van der Waals surface area contributed by atoms with E-state index in [4.69, 9.17) is 31.9 Å². The van der Waals surface area contributed by atoms with Gasteiger partial charge in [0.15, 0.2) is 23.9 Å². The van der Waals surface area contributed by atoms with E-state index in [2.05, 4.69) is 15.0 Å². The van der Waals surface area contributed by atoms with Gasteiger partial charge in [0.05, 0.1) is 17.8 Å². The van der Waals surface area contributed by atoms with Gasteiger partial charge in [0, 0.05) is 6.42 Å². The molecule has 0 saturated carbocycles. The number of halogens is 2. The van der Waals surface area contributed by atoms with Crippen LogP contribution in [0.5, 0.6) is 0 Å². The van der Waals surface area contributed by atoms with Crippen LogP contribution in [0.25, 0.3) is 11.2 Å². The average Bonchev–Trinajstić information content (AvgIpc) is 3.37. The van der Waals surface area contributed by atoms with E-state index < -0.39 is 65.2 Å². The number of carbonyl (C=O) groups is 2. The number of primary sulfonamides is 1. The zero-order valence-corrected chi connectivity index (χ0v) is 20.6. The van der Waals surface area contributed by atoms with Crippen molar-refractivity contribution in [3.63, 3.8) is 0 Å². The molecular weight excluding hydrogens is 555 g/mol. The smallest absolute Gasteiger partial charge is 0.348 e. The molecular formula is C20H20ClFN6O9S. The van der Waals surface area contributed by atoms with Crippen molar-refractivity contribution in [3.05, 3.63) is 41.4 Å². The van der Waals surface area contributed by atoms with Gasteiger partial charge in [-0.15, -0.1) is 0 Å². The second kappa shape index (κ2) is 10.0. The van der Waals surface area contributed by atoms with E-state index in [0.29, 0.717) is 0 Å². The van der Waals surface area contributed by atoms with Crippen molar-refractivity contribution >= 4 is 50.5 Å². The fourth-order valence-corrected chi connectivity index (χ4v) is 4.57. The van der Waals surface area contributed by atoms with Crippen LogP contribution in [0.4, 0.5) is 10.2 Å². The molecule has 1 saturated heterocycles. The van der Waals surface area contributed by atoms with Crippen LogP contribution in [0.1, 0.15) is 11.8 Å². The number of hydrogen-bond donors (Lipinski definition) is 5. The molecule has 38 heavy (non-hydrogen) atoms. The molecule has 2 aromatic heterocycles. The number of aliphatic hydroxyl groups is 1. The average molecular weight is 575 g/mol. The molecule has 0 spiro atoms. The molecule has 4 rings (SSSR count). The Kier molecular flexibility index (Phi) is 7.26. The Morgan fingerprint density at radius 2 is 1.84 bits per heavy atom. The van der Waals surface area contributed by atoms with E-state index in [1.807, 2.05) is 0 Å². The highest BCUT2D eigenvalue weighted by molar-refractivity contribution is 7.89. The summed E-state index contributed by atoms with van der Waals surface area (Å²) >= 11 is 5.82. The first kappa shape index (κ1) is 27.6. The molecule has 4 atom stereocenters. The largest absolute Gasteiger partial charge is 0.479 e. The maximum absolute atomic E-state index is 15.1. The monoisotopic (exact) mass is 574 g/mol. The minimum Gasteiger partial charge on any atom is -0.479 e. The van der Waals surface area contributed by atoms with Gasteiger partial charge in [-0.3, -0.25) is 4.57 Å². The van der Waals surface area contributed by atoms with Crippen LogP contribution in [-0.2, 0) is 35.5 Å². The molecule has 7 N–H and O–H groups in total. The van der Waals surface area contributed by atoms with E-state index >= 15 is 4.39 Å². The summed E-state index contributed by atoms with van der Waals surface area (Å²) in [6.45, 7) is -0.851. The molecule has 18 heteroatoms. The van der Waals surface area contributed by atoms with Gasteiger partial charge >= 0.3 is 11.9 Å². The molecule has 15 nitrogen and oxygen atoms in total. The summed E-state index contributed by atoms with van der Waals surface area (Å²) in [5.41, 5.74) is 3.01. The molecule has 1 aliphatic heterocycles. The number of nitrogens with two attached hydrogens (primary N) is 2. The Labute approximate surface area is 217 Å². The van der Waals surface area contributed by atoms with Gasteiger partial charge < -0.3 is 30.5 Å². The van der Waals surface area contributed by atoms with Crippen LogP contribution in [0.3, 0.4) is 0 Å². The Bertz CT molecular complexity index is 1490. The molecule has 3 heterocycles. The number of nitrogens with zero attached hydrogens (tertiary/aromatic N) is 4. The minimum atomic E-state index is -4.04. The number of benzene rings is 1. The molecule has 0 aliphatic carbocycles. The Hall–Kier alpha value is -3.48. The first-order chi connectivity index (χ1) is 17.7. The number of rotatable bonds is 9. The molecule has 0 amide bonds. The zero-order chi connectivity index (χ0) is 28.0. The first-order valence-corrected chi connectivity index (χ1v) is 12.5. The van der Waals surface area contributed by atoms with Gasteiger partial charge in [0.1, 0.15) is 17.7 Å². The second-order valence-corrected chi connectivity index (χ2v) is 10.2. The Balaban J connectivity index is 1.56. The van der Waals surface area contributed by atoms with Crippen LogP contribution in [-0.4, -0.2) is 85.8 Å². The number of aliphatic carboxylic acids is 2. The quantitative estimate of drug-likeness (QED) is 0.159. The minimum absolute atomic E-state index is 0.00252. The van der Waals surface area contributed by atoms with E-state index in [9.17, 15) is 33.3 Å². The third kappa shape index (κ3) is 4.98. The number of aromatic nitrogens is 4. The third-order valence-corrected chi connectivity index (χ3v) is 6.98. The molecule has 0 bridgehead atoms. The van der Waals surface area contributed by atoms with Crippen molar-refractivity contribution in [2.75, 3.05) is 12.3 Å². The summed E-state index contributed by atoms with van der Waals surface area (Å²) in [4.78, 5) is 35.5. The van der Waals surface area contributed by atoms with Gasteiger partial charge in [-0.1, -0.05) is 12.1 Å². The van der Waals surface area contributed by atoms with Gasteiger partial charge in [-0.05, 0) is 29.3 Å². The van der Waals surface area contributed by atoms with Gasteiger partial charge in [0.25, 0.3) is 5.60 Å². The number of imidazole rings is 1. The lowest BCUT2D eigenvalue weighted by molar-refractivity contribution is -0.190. The fourth-order valence-electron chi connectivity index (χ4n) is 3.89. The number of sulfonamides is 1. The number of anilines is 1. The van der Waals surface area contributed by atoms with Crippen LogP contribution in [0, 0.1) is 0 Å². The van der Waals surface area contributed by atoms with Crippen molar-refractivity contribution in [1.29, 1.82) is 0 Å². The lowest BCUT2D eigenvalue weighted by Crippen LogP contribution is -2.52. The molecule has 204 valence electrons. The molecule has 1 aliphatic rings. The highest BCUT2D eigenvalue weighted by Gasteiger charge is 2.52. The lowest BCUT2D eigenvalue weighted by Gasteiger charge is -2.27. The standard InChI is InChI=1S/C20H20ClFN6O9S/c21-19-26-14(23)12-15(27-19)28(7-25-12)16-11(22)13(29)10(37-16)6-36-20(17(30)31,18(32)33)5-8-1-3-9(4-2-8)38(24,34)35/h1-4,7,10-11,13,16,29H,5-6H2,(H,30,31)(H,32,33)(H2,23,26,27)(H2,24,34,35)/t10-,11+,13-,16-/m1/s1. The summed E-state index contributed by atoms with van der Waals surface area (Å²) < 4.78 is 49.8. The maximum atomic E-state index is 15.1. The van der Waals surface area contributed by atoms with Gasteiger partial charge in [-0.2, -0.15) is 9.97 Å². The Morgan fingerprint density at radius 1 is 1.21 bits per heavy atom. The normalized spacial score (nSPS) is 22.1. The molecule has 1 fully saturated rings. The second-order valence-electron chi connectivity index (χ2n) is 8.32. The van der Waals surface area contributed by atoms with E-state index in [1.165, 1.54) is 12.1 Å². The number of carboxylic acid groups (broad SMARTS) is 2. The number of hydrogen-bond acceptors (Lipinski definition) is 11. The summed E-state index contributed by atoms with van der Waals surface area (Å²) in [5, 5.41) is 34.7. The molecule has 3 aromatic rings. The van der Waals surface area contributed by atoms with Crippen molar-refractivity contribution < 1.29 is 47.2 Å². The lowest BCUT2D eigenvalue weighted by atomic mass is 9.94. The number of aliphatic hydroxyl groups excluding tert-OH is 1. The third-order valence-electron chi connectivity index (χ3n) is 5.88. The molecule has 0 unspecified atom stereocenters. The summed E-state index contributed by atoms with van der Waals surface area (Å²) in [6.07, 6.45) is -6.61. The number of fused-ring (bicyclic) bond motifs is 1. The van der Waals surface area contributed by atoms with Crippen molar-refractivity contribution in [2.24, 2.45) is 5.14 Å². The maximum Gasteiger partial charge on any atom is 0.348 e. The highest BCUT2D eigenvalue weighted by Crippen LogP contribution is 2.35. The van der Waals surface area contributed by atoms with Crippen LogP contribution >= 0.6 is 11.6 Å². The van der Waals surface area contributed by atoms with Crippen LogP contribution in [0.2, 0.25) is 5.28 Å². The van der Waals surface area contributed by atoms with E-state index in [1.54, 1.807) is 0 Å². The fraction of sp³-hybridized carbons (Fsp3) is 0.350. The number of carboxylic acids is 2. The van der Waals surface area contributed by atoms with Crippen molar-refractivity contribution in [2.45, 2.75) is 41.5 Å².